The van der Waals surface area contributed by atoms with E-state index in [1.807, 2.05) is 13.8 Å². The van der Waals surface area contributed by atoms with Gasteiger partial charge in [0.15, 0.2) is 11.5 Å². The second kappa shape index (κ2) is 5.17. The Bertz CT molecular complexity index is 581. The molecular weight excluding hydrogens is 249 g/mol. The first-order valence-electron chi connectivity index (χ1n) is 5.86. The molecule has 1 aromatic heterocycles. The topological polar surface area (TPSA) is 73.2 Å². The van der Waals surface area contributed by atoms with Crippen molar-refractivity contribution in [1.82, 2.24) is 10.2 Å². The quantitative estimate of drug-likeness (QED) is 0.891. The van der Waals surface area contributed by atoms with Crippen LogP contribution in [0.25, 0.3) is 11.3 Å². The average molecular weight is 265 g/mol. The number of nitrogens with zero attached hydrogens (tertiary/aromatic N) is 1. The van der Waals surface area contributed by atoms with E-state index in [9.17, 15) is 4.39 Å². The lowest BCUT2D eigenvalue weighted by molar-refractivity contribution is 0.229. The number of nitrogens with one attached hydrogen (secondary N) is 1. The van der Waals surface area contributed by atoms with Gasteiger partial charge in [-0.3, -0.25) is 5.10 Å². The van der Waals surface area contributed by atoms with E-state index in [-0.39, 0.29) is 6.10 Å². The number of H-pyrrole nitrogens is 1. The second-order valence-corrected chi connectivity index (χ2v) is 4.36. The number of aromatic amines is 1. The summed E-state index contributed by atoms with van der Waals surface area (Å²) in [6.07, 6.45) is -0.0676. The first-order valence-corrected chi connectivity index (χ1v) is 5.86. The van der Waals surface area contributed by atoms with Crippen molar-refractivity contribution in [3.05, 3.63) is 24.0 Å². The lowest BCUT2D eigenvalue weighted by atomic mass is 10.1. The number of anilines is 1. The van der Waals surface area contributed by atoms with Crippen LogP contribution in [0.5, 0.6) is 11.5 Å². The van der Waals surface area contributed by atoms with Crippen molar-refractivity contribution in [3.63, 3.8) is 0 Å². The zero-order valence-corrected chi connectivity index (χ0v) is 11.0. The highest BCUT2D eigenvalue weighted by Crippen LogP contribution is 2.35. The highest BCUT2D eigenvalue weighted by molar-refractivity contribution is 5.66. The molecule has 0 saturated heterocycles. The van der Waals surface area contributed by atoms with Gasteiger partial charge in [-0.25, -0.2) is 4.39 Å². The van der Waals surface area contributed by atoms with Crippen LogP contribution in [-0.2, 0) is 0 Å². The molecule has 19 heavy (non-hydrogen) atoms. The zero-order valence-electron chi connectivity index (χ0n) is 11.0. The molecule has 0 amide bonds. The highest BCUT2D eigenvalue weighted by Gasteiger charge is 2.15. The maximum absolute atomic E-state index is 14.1. The van der Waals surface area contributed by atoms with E-state index in [2.05, 4.69) is 10.2 Å². The summed E-state index contributed by atoms with van der Waals surface area (Å²) < 4.78 is 24.8. The minimum atomic E-state index is -0.430. The first kappa shape index (κ1) is 13.2. The molecule has 6 heteroatoms. The molecule has 1 heterocycles. The van der Waals surface area contributed by atoms with Gasteiger partial charge in [0.1, 0.15) is 11.6 Å². The van der Waals surface area contributed by atoms with Gasteiger partial charge in [-0.2, -0.15) is 5.10 Å². The largest absolute Gasteiger partial charge is 0.493 e. The third-order valence-electron chi connectivity index (χ3n) is 2.50. The number of ether oxygens (including phenoxy) is 2. The fourth-order valence-corrected chi connectivity index (χ4v) is 1.72. The van der Waals surface area contributed by atoms with E-state index >= 15 is 0 Å². The molecule has 1 aromatic carbocycles. The number of aromatic nitrogens is 2. The number of nitrogen functional groups attached to an aromatic ring is 1. The molecule has 0 unspecified atom stereocenters. The lowest BCUT2D eigenvalue weighted by Gasteiger charge is -2.14. The number of hydrogen-bond donors (Lipinski definition) is 2. The van der Waals surface area contributed by atoms with Crippen LogP contribution in [0.3, 0.4) is 0 Å². The van der Waals surface area contributed by atoms with Crippen molar-refractivity contribution in [1.29, 1.82) is 0 Å². The first-order chi connectivity index (χ1) is 9.01. The van der Waals surface area contributed by atoms with Crippen LogP contribution in [0.1, 0.15) is 13.8 Å². The SMILES string of the molecule is COc1cc(-c2cc(N)n[nH]2)c(F)cc1OC(C)C. The molecule has 0 aliphatic rings. The van der Waals surface area contributed by atoms with Crippen LogP contribution < -0.4 is 15.2 Å². The lowest BCUT2D eigenvalue weighted by Crippen LogP contribution is -2.07. The third kappa shape index (κ3) is 2.78. The van der Waals surface area contributed by atoms with E-state index in [0.29, 0.717) is 28.6 Å². The zero-order chi connectivity index (χ0) is 14.0. The molecule has 0 radical (unpaired) electrons. The van der Waals surface area contributed by atoms with E-state index in [4.69, 9.17) is 15.2 Å². The van der Waals surface area contributed by atoms with Crippen LogP contribution in [0.2, 0.25) is 0 Å². The normalized spacial score (nSPS) is 10.8. The molecule has 102 valence electrons. The maximum atomic E-state index is 14.1. The molecule has 0 aliphatic carbocycles. The fourth-order valence-electron chi connectivity index (χ4n) is 1.72. The monoisotopic (exact) mass is 265 g/mol. The van der Waals surface area contributed by atoms with Crippen molar-refractivity contribution in [2.45, 2.75) is 20.0 Å². The summed E-state index contributed by atoms with van der Waals surface area (Å²) in [5.74, 6) is 0.695. The fraction of sp³-hybridized carbons (Fsp3) is 0.308. The third-order valence-corrected chi connectivity index (χ3v) is 2.50. The molecule has 2 rings (SSSR count). The Balaban J connectivity index is 2.47. The van der Waals surface area contributed by atoms with Crippen molar-refractivity contribution >= 4 is 5.82 Å². The van der Waals surface area contributed by atoms with Gasteiger partial charge in [-0.15, -0.1) is 0 Å². The smallest absolute Gasteiger partial charge is 0.164 e. The predicted molar refractivity (Wildman–Crippen MR) is 70.7 cm³/mol. The van der Waals surface area contributed by atoms with Crippen molar-refractivity contribution in [2.75, 3.05) is 12.8 Å². The van der Waals surface area contributed by atoms with Crippen LogP contribution in [-0.4, -0.2) is 23.4 Å². The molecule has 0 saturated carbocycles. The summed E-state index contributed by atoms with van der Waals surface area (Å²) in [7, 11) is 1.51. The molecule has 5 nitrogen and oxygen atoms in total. The van der Waals surface area contributed by atoms with Gasteiger partial charge in [-0.05, 0) is 19.9 Å². The van der Waals surface area contributed by atoms with E-state index in [1.54, 1.807) is 12.1 Å². The summed E-state index contributed by atoms with van der Waals surface area (Å²) >= 11 is 0. The number of hydrogen-bond acceptors (Lipinski definition) is 4. The summed E-state index contributed by atoms with van der Waals surface area (Å²) in [5.41, 5.74) is 6.33. The Kier molecular flexibility index (Phi) is 3.59. The van der Waals surface area contributed by atoms with Gasteiger partial charge >= 0.3 is 0 Å². The van der Waals surface area contributed by atoms with Crippen LogP contribution in [0.4, 0.5) is 10.2 Å². The van der Waals surface area contributed by atoms with Gasteiger partial charge in [0.05, 0.1) is 18.9 Å². The average Bonchev–Trinajstić information content (AvgIpc) is 2.75. The van der Waals surface area contributed by atoms with Crippen molar-refractivity contribution in [3.8, 4) is 22.8 Å². The van der Waals surface area contributed by atoms with Gasteiger partial charge in [0.25, 0.3) is 0 Å². The number of rotatable bonds is 4. The Morgan fingerprint density at radius 2 is 2.00 bits per heavy atom. The minimum Gasteiger partial charge on any atom is -0.493 e. The Hall–Kier alpha value is -2.24. The Morgan fingerprint density at radius 3 is 2.53 bits per heavy atom. The molecular formula is C13H16FN3O2. The number of benzene rings is 1. The number of methoxy groups -OCH3 is 1. The maximum Gasteiger partial charge on any atom is 0.164 e. The van der Waals surface area contributed by atoms with Crippen LogP contribution in [0, 0.1) is 5.82 Å². The van der Waals surface area contributed by atoms with Crippen LogP contribution in [0.15, 0.2) is 18.2 Å². The van der Waals surface area contributed by atoms with E-state index in [1.165, 1.54) is 13.2 Å². The van der Waals surface area contributed by atoms with Crippen molar-refractivity contribution < 1.29 is 13.9 Å². The van der Waals surface area contributed by atoms with E-state index < -0.39 is 5.82 Å². The Labute approximate surface area is 110 Å². The molecule has 0 atom stereocenters. The molecule has 0 fully saturated rings. The molecule has 0 bridgehead atoms. The summed E-state index contributed by atoms with van der Waals surface area (Å²) in [4.78, 5) is 0. The van der Waals surface area contributed by atoms with Crippen LogP contribution >= 0.6 is 0 Å². The van der Waals surface area contributed by atoms with Crippen molar-refractivity contribution in [2.24, 2.45) is 0 Å². The van der Waals surface area contributed by atoms with Gasteiger partial charge in [0.2, 0.25) is 0 Å². The highest BCUT2D eigenvalue weighted by atomic mass is 19.1. The molecule has 2 aromatic rings. The van der Waals surface area contributed by atoms with Gasteiger partial charge in [-0.1, -0.05) is 0 Å². The standard InChI is InChI=1S/C13H16FN3O2/c1-7(2)19-12-5-9(14)8(4-11(12)18-3)10-6-13(15)17-16-10/h4-7H,1-3H3,(H3,15,16,17). The molecule has 0 aliphatic heterocycles. The summed E-state index contributed by atoms with van der Waals surface area (Å²) in [5, 5.41) is 6.44. The van der Waals surface area contributed by atoms with Gasteiger partial charge < -0.3 is 15.2 Å². The molecule has 0 spiro atoms. The summed E-state index contributed by atoms with van der Waals surface area (Å²) in [6.45, 7) is 3.72. The number of nitrogens with two attached hydrogens (primary N) is 1. The van der Waals surface area contributed by atoms with Gasteiger partial charge in [0, 0.05) is 17.7 Å². The molecule has 3 N–H and O–H groups in total. The second-order valence-electron chi connectivity index (χ2n) is 4.36. The minimum absolute atomic E-state index is 0.0676. The summed E-state index contributed by atoms with van der Waals surface area (Å²) in [6, 6.07) is 4.41. The Morgan fingerprint density at radius 1 is 1.26 bits per heavy atom. The number of halogens is 1. The predicted octanol–water partition coefficient (Wildman–Crippen LogP) is 2.59. The van der Waals surface area contributed by atoms with E-state index in [0.717, 1.165) is 0 Å².